The van der Waals surface area contributed by atoms with E-state index >= 15 is 0 Å². The lowest BCUT2D eigenvalue weighted by atomic mass is 10.1. The van der Waals surface area contributed by atoms with Crippen LogP contribution in [0.25, 0.3) is 0 Å². The van der Waals surface area contributed by atoms with Gasteiger partial charge in [-0.2, -0.15) is 0 Å². The minimum Gasteiger partial charge on any atom is -0.352 e. The van der Waals surface area contributed by atoms with Crippen LogP contribution in [0.4, 0.5) is 10.1 Å². The second-order valence-corrected chi connectivity index (χ2v) is 8.87. The second kappa shape index (κ2) is 9.19. The van der Waals surface area contributed by atoms with Gasteiger partial charge in [-0.3, -0.25) is 9.52 Å². The Balaban J connectivity index is 1.56. The van der Waals surface area contributed by atoms with Gasteiger partial charge in [-0.1, -0.05) is 28.1 Å². The number of halogens is 2. The lowest BCUT2D eigenvalue weighted by molar-refractivity contribution is 0.0954. The first kappa shape index (κ1) is 21.0. The van der Waals surface area contributed by atoms with Crippen molar-refractivity contribution in [1.29, 1.82) is 0 Å². The van der Waals surface area contributed by atoms with Crippen LogP contribution >= 0.6 is 15.9 Å². The molecule has 0 spiro atoms. The number of carbonyl (C=O) groups is 1. The molecule has 0 saturated heterocycles. The molecule has 0 saturated carbocycles. The van der Waals surface area contributed by atoms with Crippen LogP contribution in [0.2, 0.25) is 0 Å². The number of hydrogen-bond donors (Lipinski definition) is 2. The molecule has 3 aromatic rings. The lowest BCUT2D eigenvalue weighted by Crippen LogP contribution is -2.25. The maximum absolute atomic E-state index is 12.9. The van der Waals surface area contributed by atoms with Crippen LogP contribution in [0.1, 0.15) is 15.9 Å². The van der Waals surface area contributed by atoms with Crippen LogP contribution in [-0.4, -0.2) is 20.9 Å². The van der Waals surface area contributed by atoms with Gasteiger partial charge in [-0.15, -0.1) is 0 Å². The minimum atomic E-state index is -3.71. The van der Waals surface area contributed by atoms with Crippen molar-refractivity contribution in [3.63, 3.8) is 0 Å². The van der Waals surface area contributed by atoms with Crippen molar-refractivity contribution in [2.24, 2.45) is 0 Å². The van der Waals surface area contributed by atoms with Crippen molar-refractivity contribution in [2.45, 2.75) is 11.3 Å². The molecule has 29 heavy (non-hydrogen) atoms. The summed E-state index contributed by atoms with van der Waals surface area (Å²) in [5, 5.41) is 2.79. The highest BCUT2D eigenvalue weighted by molar-refractivity contribution is 9.10. The number of amides is 1. The fraction of sp³-hybridized carbons (Fsp3) is 0.0952. The summed E-state index contributed by atoms with van der Waals surface area (Å²) in [6.07, 6.45) is 0.580. The first-order valence-electron chi connectivity index (χ1n) is 8.74. The van der Waals surface area contributed by atoms with Gasteiger partial charge in [-0.25, -0.2) is 12.8 Å². The molecule has 0 radical (unpaired) electrons. The molecule has 8 heteroatoms. The Kier molecular flexibility index (Phi) is 6.66. The maximum atomic E-state index is 12.9. The number of sulfonamides is 1. The fourth-order valence-corrected chi connectivity index (χ4v) is 3.91. The summed E-state index contributed by atoms with van der Waals surface area (Å²) in [7, 11) is -3.71. The highest BCUT2D eigenvalue weighted by Crippen LogP contribution is 2.19. The van der Waals surface area contributed by atoms with Gasteiger partial charge >= 0.3 is 0 Å². The highest BCUT2D eigenvalue weighted by Gasteiger charge is 2.14. The van der Waals surface area contributed by atoms with Gasteiger partial charge in [0.15, 0.2) is 0 Å². The summed E-state index contributed by atoms with van der Waals surface area (Å²) < 4.78 is 41.0. The summed E-state index contributed by atoms with van der Waals surface area (Å²) in [4.78, 5) is 12.4. The van der Waals surface area contributed by atoms with Crippen molar-refractivity contribution in [3.05, 3.63) is 94.2 Å². The molecule has 3 aromatic carbocycles. The molecule has 2 N–H and O–H groups in total. The molecule has 1 amide bonds. The summed E-state index contributed by atoms with van der Waals surface area (Å²) in [5.41, 5.74) is 1.69. The summed E-state index contributed by atoms with van der Waals surface area (Å²) in [6, 6.07) is 18.6. The van der Waals surface area contributed by atoms with Gasteiger partial charge in [-0.05, 0) is 72.6 Å². The summed E-state index contributed by atoms with van der Waals surface area (Å²) >= 11 is 3.27. The Morgan fingerprint density at radius 1 is 0.897 bits per heavy atom. The smallest absolute Gasteiger partial charge is 0.261 e. The third-order valence-corrected chi connectivity index (χ3v) is 6.06. The van der Waals surface area contributed by atoms with Gasteiger partial charge in [0.2, 0.25) is 0 Å². The van der Waals surface area contributed by atoms with Crippen molar-refractivity contribution in [2.75, 3.05) is 11.3 Å². The molecule has 0 aliphatic rings. The summed E-state index contributed by atoms with van der Waals surface area (Å²) in [6.45, 7) is 0.405. The SMILES string of the molecule is O=C(NCCc1ccc(F)cc1)c1ccc(NS(=O)(=O)c2ccc(Br)cc2)cc1. The van der Waals surface area contributed by atoms with E-state index in [4.69, 9.17) is 0 Å². The lowest BCUT2D eigenvalue weighted by Gasteiger charge is -2.09. The van der Waals surface area contributed by atoms with Gasteiger partial charge in [0.05, 0.1) is 4.90 Å². The number of hydrogen-bond acceptors (Lipinski definition) is 3. The predicted molar refractivity (Wildman–Crippen MR) is 114 cm³/mol. The topological polar surface area (TPSA) is 75.3 Å². The van der Waals surface area contributed by atoms with Crippen molar-refractivity contribution >= 4 is 37.5 Å². The Labute approximate surface area is 177 Å². The standard InChI is InChI=1S/C21H18BrFN2O3S/c22-17-5-11-20(12-6-17)29(27,28)25-19-9-3-16(4-10-19)21(26)24-14-13-15-1-7-18(23)8-2-15/h1-12,25H,13-14H2,(H,24,26). The van der Waals surface area contributed by atoms with E-state index in [1.54, 1.807) is 36.4 Å². The van der Waals surface area contributed by atoms with Crippen molar-refractivity contribution in [3.8, 4) is 0 Å². The van der Waals surface area contributed by atoms with E-state index in [9.17, 15) is 17.6 Å². The Morgan fingerprint density at radius 3 is 2.14 bits per heavy atom. The van der Waals surface area contributed by atoms with E-state index in [1.165, 1.54) is 36.4 Å². The second-order valence-electron chi connectivity index (χ2n) is 6.27. The number of carbonyl (C=O) groups excluding carboxylic acids is 1. The zero-order chi connectivity index (χ0) is 20.9. The van der Waals surface area contributed by atoms with Crippen molar-refractivity contribution in [1.82, 2.24) is 5.32 Å². The molecule has 0 fully saturated rings. The molecule has 0 aliphatic heterocycles. The molecule has 0 unspecified atom stereocenters. The van der Waals surface area contributed by atoms with Gasteiger partial charge in [0, 0.05) is 22.3 Å². The fourth-order valence-electron chi connectivity index (χ4n) is 2.59. The zero-order valence-corrected chi connectivity index (χ0v) is 17.6. The molecular formula is C21H18BrFN2O3S. The minimum absolute atomic E-state index is 0.142. The largest absolute Gasteiger partial charge is 0.352 e. The Morgan fingerprint density at radius 2 is 1.52 bits per heavy atom. The number of rotatable bonds is 7. The number of benzene rings is 3. The Bertz CT molecular complexity index is 1080. The first-order chi connectivity index (χ1) is 13.8. The normalized spacial score (nSPS) is 11.1. The van der Waals surface area contributed by atoms with E-state index in [2.05, 4.69) is 26.0 Å². The maximum Gasteiger partial charge on any atom is 0.261 e. The highest BCUT2D eigenvalue weighted by atomic mass is 79.9. The van der Waals surface area contributed by atoms with E-state index in [0.717, 1.165) is 10.0 Å². The number of anilines is 1. The molecule has 0 aromatic heterocycles. The average molecular weight is 477 g/mol. The molecule has 0 aliphatic carbocycles. The van der Waals surface area contributed by atoms with Gasteiger partial charge in [0.25, 0.3) is 15.9 Å². The predicted octanol–water partition coefficient (Wildman–Crippen LogP) is 4.36. The molecular weight excluding hydrogens is 459 g/mol. The molecule has 3 rings (SSSR count). The first-order valence-corrected chi connectivity index (χ1v) is 11.0. The molecule has 0 heterocycles. The van der Waals surface area contributed by atoms with E-state index in [1.807, 2.05) is 0 Å². The van der Waals surface area contributed by atoms with E-state index in [-0.39, 0.29) is 16.6 Å². The van der Waals surface area contributed by atoms with Crippen LogP contribution in [0.3, 0.4) is 0 Å². The Hall–Kier alpha value is -2.71. The van der Waals surface area contributed by atoms with Crippen molar-refractivity contribution < 1.29 is 17.6 Å². The third kappa shape index (κ3) is 5.88. The molecule has 5 nitrogen and oxygen atoms in total. The van der Waals surface area contributed by atoms with E-state index < -0.39 is 10.0 Å². The van der Waals surface area contributed by atoms with E-state index in [0.29, 0.717) is 24.2 Å². The molecule has 0 bridgehead atoms. The average Bonchev–Trinajstić information content (AvgIpc) is 2.70. The van der Waals surface area contributed by atoms with Crippen LogP contribution in [0.5, 0.6) is 0 Å². The third-order valence-electron chi connectivity index (χ3n) is 4.14. The zero-order valence-electron chi connectivity index (χ0n) is 15.2. The van der Waals surface area contributed by atoms with Crippen LogP contribution in [0.15, 0.2) is 82.2 Å². The number of nitrogens with one attached hydrogen (secondary N) is 2. The molecule has 150 valence electrons. The van der Waals surface area contributed by atoms with Crippen LogP contribution in [-0.2, 0) is 16.4 Å². The van der Waals surface area contributed by atoms with Gasteiger partial charge in [0.1, 0.15) is 5.82 Å². The van der Waals surface area contributed by atoms with Gasteiger partial charge < -0.3 is 5.32 Å². The van der Waals surface area contributed by atoms with Crippen LogP contribution < -0.4 is 10.0 Å². The monoisotopic (exact) mass is 476 g/mol. The quantitative estimate of drug-likeness (QED) is 0.531. The molecule has 0 atom stereocenters. The summed E-state index contributed by atoms with van der Waals surface area (Å²) in [5.74, 6) is -0.567. The van der Waals surface area contributed by atoms with Crippen LogP contribution in [0, 0.1) is 5.82 Å².